The number of hydrogen-bond donors (Lipinski definition) is 2. The third kappa shape index (κ3) is 6.78. The highest BCUT2D eigenvalue weighted by atomic mass is 16.6. The number of nitrogens with zero attached hydrogens (tertiary/aromatic N) is 1. The molecule has 12 heteroatoms. The summed E-state index contributed by atoms with van der Waals surface area (Å²) in [6.45, 7) is 8.67. The molecule has 0 spiro atoms. The maximum Gasteiger partial charge on any atom is 0.408 e. The van der Waals surface area contributed by atoms with Gasteiger partial charge in [-0.15, -0.1) is 0 Å². The first-order chi connectivity index (χ1) is 17.8. The average Bonchev–Trinajstić information content (AvgIpc) is 2.82. The van der Waals surface area contributed by atoms with Crippen molar-refractivity contribution >= 4 is 28.7 Å². The number of carbonyl (C=O) groups excluding carboxylic acids is 2. The van der Waals surface area contributed by atoms with E-state index in [9.17, 15) is 29.6 Å². The number of rotatable bonds is 8. The average molecular weight is 529 g/mol. The van der Waals surface area contributed by atoms with Crippen molar-refractivity contribution in [3.05, 3.63) is 63.0 Å². The third-order valence-corrected chi connectivity index (χ3v) is 5.43. The molecule has 3 aromatic rings. The summed E-state index contributed by atoms with van der Waals surface area (Å²) in [7, 11) is 0. The van der Waals surface area contributed by atoms with Crippen LogP contribution in [0.15, 0.2) is 51.9 Å². The molecule has 2 unspecified atom stereocenters. The molecule has 0 bridgehead atoms. The van der Waals surface area contributed by atoms with Crippen molar-refractivity contribution in [2.75, 3.05) is 0 Å². The lowest BCUT2D eigenvalue weighted by Gasteiger charge is -2.25. The van der Waals surface area contributed by atoms with Gasteiger partial charge in [-0.2, -0.15) is 0 Å². The van der Waals surface area contributed by atoms with Gasteiger partial charge < -0.3 is 29.1 Å². The lowest BCUT2D eigenvalue weighted by Crippen LogP contribution is -2.48. The Bertz CT molecular complexity index is 1410. The summed E-state index contributed by atoms with van der Waals surface area (Å²) in [5, 5.41) is 23.6. The molecule has 0 aliphatic heterocycles. The number of benzene rings is 2. The Morgan fingerprint density at radius 2 is 1.82 bits per heavy atom. The largest absolute Gasteiger partial charge is 0.507 e. The Balaban J connectivity index is 1.84. The molecular formula is C26H28N2O10. The Morgan fingerprint density at radius 3 is 2.39 bits per heavy atom. The maximum atomic E-state index is 12.9. The van der Waals surface area contributed by atoms with Crippen LogP contribution in [0.2, 0.25) is 0 Å². The van der Waals surface area contributed by atoms with E-state index in [4.69, 9.17) is 18.6 Å². The summed E-state index contributed by atoms with van der Waals surface area (Å²) in [6.07, 6.45) is 0.765. The number of aromatic hydroxyl groups is 1. The Morgan fingerprint density at radius 1 is 1.16 bits per heavy atom. The predicted molar refractivity (Wildman–Crippen MR) is 136 cm³/mol. The monoisotopic (exact) mass is 528 g/mol. The molecule has 3 rings (SSSR count). The van der Waals surface area contributed by atoms with E-state index in [0.29, 0.717) is 6.42 Å². The zero-order valence-electron chi connectivity index (χ0n) is 21.5. The van der Waals surface area contributed by atoms with Gasteiger partial charge in [0.25, 0.3) is 5.69 Å². The SMILES string of the molecule is CCC(C)C(NC(=O)OC(C)(C)C)C(=O)Oc1cc(O)c2c(=O)c(Oc3ccc([N+](=O)[O-])cc3)coc2c1. The van der Waals surface area contributed by atoms with Gasteiger partial charge in [0.2, 0.25) is 11.2 Å². The summed E-state index contributed by atoms with van der Waals surface area (Å²) in [4.78, 5) is 48.3. The number of nitro groups is 1. The molecule has 1 amide bonds. The zero-order chi connectivity index (χ0) is 28.2. The van der Waals surface area contributed by atoms with Crippen LogP contribution in [0.4, 0.5) is 10.5 Å². The highest BCUT2D eigenvalue weighted by molar-refractivity contribution is 5.88. The topological polar surface area (TPSA) is 167 Å². The fraction of sp³-hybridized carbons (Fsp3) is 0.346. The number of amides is 1. The van der Waals surface area contributed by atoms with Crippen LogP contribution in [-0.4, -0.2) is 33.7 Å². The normalized spacial score (nSPS) is 12.9. The number of nitrogens with one attached hydrogen (secondary N) is 1. The minimum Gasteiger partial charge on any atom is -0.507 e. The van der Waals surface area contributed by atoms with Crippen molar-refractivity contribution in [2.24, 2.45) is 5.92 Å². The first-order valence-electron chi connectivity index (χ1n) is 11.7. The second-order valence-corrected chi connectivity index (χ2v) is 9.53. The zero-order valence-corrected chi connectivity index (χ0v) is 21.5. The lowest BCUT2D eigenvalue weighted by atomic mass is 9.99. The molecule has 0 saturated carbocycles. The van der Waals surface area contributed by atoms with Gasteiger partial charge in [0, 0.05) is 24.3 Å². The molecule has 2 atom stereocenters. The summed E-state index contributed by atoms with van der Waals surface area (Å²) >= 11 is 0. The highest BCUT2D eigenvalue weighted by Crippen LogP contribution is 2.31. The quantitative estimate of drug-likeness (QED) is 0.175. The smallest absolute Gasteiger partial charge is 0.408 e. The predicted octanol–water partition coefficient (Wildman–Crippen LogP) is 5.04. The first kappa shape index (κ1) is 28.0. The molecule has 1 heterocycles. The number of ether oxygens (including phenoxy) is 3. The van der Waals surface area contributed by atoms with Gasteiger partial charge in [-0.25, -0.2) is 9.59 Å². The van der Waals surface area contributed by atoms with Crippen LogP contribution in [0.1, 0.15) is 41.0 Å². The molecule has 0 saturated heterocycles. The number of phenolic OH excluding ortho intramolecular Hbond substituents is 1. The van der Waals surface area contributed by atoms with Crippen LogP contribution in [0.3, 0.4) is 0 Å². The van der Waals surface area contributed by atoms with E-state index in [1.54, 1.807) is 27.7 Å². The van der Waals surface area contributed by atoms with E-state index in [-0.39, 0.29) is 39.8 Å². The molecule has 12 nitrogen and oxygen atoms in total. The second kappa shape index (κ2) is 11.2. The number of nitro benzene ring substituents is 1. The Kier molecular flexibility index (Phi) is 8.24. The van der Waals surface area contributed by atoms with Gasteiger partial charge in [0.1, 0.15) is 46.1 Å². The number of alkyl carbamates (subject to hydrolysis) is 1. The minimum absolute atomic E-state index is 0.0889. The van der Waals surface area contributed by atoms with E-state index in [2.05, 4.69) is 5.32 Å². The second-order valence-electron chi connectivity index (χ2n) is 9.53. The van der Waals surface area contributed by atoms with Crippen LogP contribution < -0.4 is 20.2 Å². The fourth-order valence-corrected chi connectivity index (χ4v) is 3.37. The Hall–Kier alpha value is -4.61. The highest BCUT2D eigenvalue weighted by Gasteiger charge is 2.30. The molecule has 1 aromatic heterocycles. The lowest BCUT2D eigenvalue weighted by molar-refractivity contribution is -0.384. The summed E-state index contributed by atoms with van der Waals surface area (Å²) < 4.78 is 21.5. The Labute approximate surface area is 217 Å². The number of esters is 1. The molecule has 2 aromatic carbocycles. The van der Waals surface area contributed by atoms with Gasteiger partial charge in [-0.05, 0) is 38.8 Å². The number of fused-ring (bicyclic) bond motifs is 1. The van der Waals surface area contributed by atoms with Crippen LogP contribution in [0, 0.1) is 16.0 Å². The van der Waals surface area contributed by atoms with Crippen molar-refractivity contribution < 1.29 is 38.2 Å². The summed E-state index contributed by atoms with van der Waals surface area (Å²) in [5.74, 6) is -1.89. The van der Waals surface area contributed by atoms with Crippen molar-refractivity contribution in [2.45, 2.75) is 52.7 Å². The van der Waals surface area contributed by atoms with Crippen LogP contribution in [0.25, 0.3) is 11.0 Å². The van der Waals surface area contributed by atoms with E-state index in [0.717, 1.165) is 12.3 Å². The fourth-order valence-electron chi connectivity index (χ4n) is 3.37. The number of non-ortho nitro benzene ring substituents is 1. The number of phenols is 1. The number of carbonyl (C=O) groups is 2. The van der Waals surface area contributed by atoms with E-state index in [1.807, 2.05) is 6.92 Å². The third-order valence-electron chi connectivity index (χ3n) is 5.43. The van der Waals surface area contributed by atoms with Crippen LogP contribution >= 0.6 is 0 Å². The molecule has 0 aliphatic carbocycles. The minimum atomic E-state index is -1.04. The van der Waals surface area contributed by atoms with Crippen molar-refractivity contribution in [1.29, 1.82) is 0 Å². The van der Waals surface area contributed by atoms with Crippen LogP contribution in [-0.2, 0) is 9.53 Å². The van der Waals surface area contributed by atoms with Crippen molar-refractivity contribution in [1.82, 2.24) is 5.32 Å². The van der Waals surface area contributed by atoms with Crippen molar-refractivity contribution in [3.63, 3.8) is 0 Å². The first-order valence-corrected chi connectivity index (χ1v) is 11.7. The number of hydrogen-bond acceptors (Lipinski definition) is 10. The molecule has 0 aliphatic rings. The van der Waals surface area contributed by atoms with Gasteiger partial charge in [0.05, 0.1) is 4.92 Å². The van der Waals surface area contributed by atoms with Gasteiger partial charge in [-0.1, -0.05) is 20.3 Å². The van der Waals surface area contributed by atoms with Gasteiger partial charge in [-0.3, -0.25) is 14.9 Å². The van der Waals surface area contributed by atoms with E-state index >= 15 is 0 Å². The maximum absolute atomic E-state index is 12.9. The van der Waals surface area contributed by atoms with Crippen molar-refractivity contribution in [3.8, 4) is 23.0 Å². The van der Waals surface area contributed by atoms with Crippen LogP contribution in [0.5, 0.6) is 23.0 Å². The van der Waals surface area contributed by atoms with Gasteiger partial charge >= 0.3 is 12.1 Å². The molecule has 2 N–H and O–H groups in total. The molecular weight excluding hydrogens is 500 g/mol. The van der Waals surface area contributed by atoms with Gasteiger partial charge in [0.15, 0.2) is 0 Å². The van der Waals surface area contributed by atoms with E-state index < -0.39 is 39.8 Å². The molecule has 38 heavy (non-hydrogen) atoms. The van der Waals surface area contributed by atoms with E-state index in [1.165, 1.54) is 30.3 Å². The summed E-state index contributed by atoms with van der Waals surface area (Å²) in [5.41, 5.74) is -1.73. The standard InChI is InChI=1S/C26H28N2O10/c1-6-14(2)22(27-25(32)38-26(3,4)5)24(31)37-17-11-18(29)21-19(12-17)35-13-20(23(21)30)36-16-9-7-15(8-10-16)28(33)34/h7-14,22,29H,6H2,1-5H3,(H,27,32). The molecule has 202 valence electrons. The molecule has 0 radical (unpaired) electrons. The molecule has 0 fully saturated rings. The summed E-state index contributed by atoms with van der Waals surface area (Å²) in [6, 6.07) is 6.30.